The van der Waals surface area contributed by atoms with Gasteiger partial charge in [0.1, 0.15) is 0 Å². The maximum Gasteiger partial charge on any atom is 0.0201 e. The van der Waals surface area contributed by atoms with E-state index in [-0.39, 0.29) is 15.8 Å². The number of hydrogen-bond donors (Lipinski definition) is 0. The van der Waals surface area contributed by atoms with Crippen LogP contribution in [0.1, 0.15) is 104 Å². The molecule has 0 aromatic carbocycles. The van der Waals surface area contributed by atoms with Crippen molar-refractivity contribution in [2.45, 2.75) is 115 Å². The van der Waals surface area contributed by atoms with Crippen LogP contribution in [0.15, 0.2) is 0 Å². The Bertz CT molecular complexity index is 357. The standard InChI is InChI=1S/C24H48N2P2/c1-3-5-17-25-19-27(23-13-9-7-10-14-23)21-26(18-6-4-2)22-28(20-25)24-15-11-8-12-16-24/h23-24H,3-22H2,1-2H3. The van der Waals surface area contributed by atoms with Gasteiger partial charge < -0.3 is 0 Å². The summed E-state index contributed by atoms with van der Waals surface area (Å²) in [7, 11) is 0.361. The first-order chi connectivity index (χ1) is 13.8. The Balaban J connectivity index is 1.70. The lowest BCUT2D eigenvalue weighted by molar-refractivity contribution is 0.322. The van der Waals surface area contributed by atoms with Gasteiger partial charge >= 0.3 is 0 Å². The van der Waals surface area contributed by atoms with E-state index in [2.05, 4.69) is 23.6 Å². The van der Waals surface area contributed by atoms with Gasteiger partial charge in [0.25, 0.3) is 0 Å². The molecule has 0 N–H and O–H groups in total. The van der Waals surface area contributed by atoms with E-state index in [1.54, 1.807) is 25.7 Å². The highest BCUT2D eigenvalue weighted by atomic mass is 31.1. The van der Waals surface area contributed by atoms with Crippen LogP contribution in [0.3, 0.4) is 0 Å². The van der Waals surface area contributed by atoms with Gasteiger partial charge in [0.05, 0.1) is 0 Å². The largest absolute Gasteiger partial charge is 0.295 e. The Kier molecular flexibility index (Phi) is 11.1. The van der Waals surface area contributed by atoms with Crippen LogP contribution < -0.4 is 0 Å². The molecule has 164 valence electrons. The van der Waals surface area contributed by atoms with E-state index < -0.39 is 0 Å². The van der Waals surface area contributed by atoms with Crippen LogP contribution in [0.25, 0.3) is 0 Å². The molecular weight excluding hydrogens is 378 g/mol. The molecule has 3 rings (SSSR count). The number of rotatable bonds is 8. The molecule has 3 fully saturated rings. The molecule has 0 radical (unpaired) electrons. The minimum atomic E-state index is 0.180. The summed E-state index contributed by atoms with van der Waals surface area (Å²) in [6.07, 6.45) is 26.8. The summed E-state index contributed by atoms with van der Waals surface area (Å²) < 4.78 is 0. The smallest absolute Gasteiger partial charge is 0.0201 e. The molecule has 2 nitrogen and oxygen atoms in total. The monoisotopic (exact) mass is 426 g/mol. The van der Waals surface area contributed by atoms with Crippen LogP contribution in [0, 0.1) is 0 Å². The lowest BCUT2D eigenvalue weighted by atomic mass is 10.0. The highest BCUT2D eigenvalue weighted by Gasteiger charge is 2.33. The van der Waals surface area contributed by atoms with Gasteiger partial charge in [-0.25, -0.2) is 0 Å². The van der Waals surface area contributed by atoms with E-state index in [0.29, 0.717) is 0 Å². The van der Waals surface area contributed by atoms with Crippen molar-refractivity contribution in [3.8, 4) is 0 Å². The second-order valence-corrected chi connectivity index (χ2v) is 14.8. The molecule has 0 unspecified atom stereocenters. The highest BCUT2D eigenvalue weighted by Crippen LogP contribution is 2.55. The van der Waals surface area contributed by atoms with Gasteiger partial charge in [0.2, 0.25) is 0 Å². The topological polar surface area (TPSA) is 6.48 Å². The van der Waals surface area contributed by atoms with Gasteiger partial charge in [-0.2, -0.15) is 0 Å². The maximum atomic E-state index is 3.00. The van der Waals surface area contributed by atoms with E-state index in [9.17, 15) is 0 Å². The van der Waals surface area contributed by atoms with Crippen molar-refractivity contribution in [2.75, 3.05) is 38.2 Å². The van der Waals surface area contributed by atoms with E-state index in [4.69, 9.17) is 0 Å². The zero-order chi connectivity index (χ0) is 19.6. The van der Waals surface area contributed by atoms with Crippen LogP contribution in [0.5, 0.6) is 0 Å². The molecule has 1 saturated heterocycles. The first-order valence-electron chi connectivity index (χ1n) is 12.7. The summed E-state index contributed by atoms with van der Waals surface area (Å²) in [5.41, 5.74) is 2.16. The molecule has 0 amide bonds. The normalized spacial score (nSPS) is 30.2. The molecule has 0 aromatic heterocycles. The van der Waals surface area contributed by atoms with Crippen molar-refractivity contribution >= 4 is 15.8 Å². The van der Waals surface area contributed by atoms with Gasteiger partial charge in [0, 0.05) is 25.1 Å². The lowest BCUT2D eigenvalue weighted by Crippen LogP contribution is -2.39. The van der Waals surface area contributed by atoms with Gasteiger partial charge in [-0.15, -0.1) is 0 Å². The molecule has 0 atom stereocenters. The Hall–Kier alpha value is 0.780. The molecule has 2 aliphatic carbocycles. The van der Waals surface area contributed by atoms with Crippen molar-refractivity contribution in [3.05, 3.63) is 0 Å². The summed E-state index contributed by atoms with van der Waals surface area (Å²) in [5, 5.41) is 0. The summed E-state index contributed by atoms with van der Waals surface area (Å²) in [6.45, 7) is 7.54. The fraction of sp³-hybridized carbons (Fsp3) is 1.00. The lowest BCUT2D eigenvalue weighted by Gasteiger charge is -2.45. The Morgan fingerprint density at radius 2 is 0.929 bits per heavy atom. The molecule has 4 heteroatoms. The number of nitrogens with zero attached hydrogens (tertiary/aromatic N) is 2. The van der Waals surface area contributed by atoms with Crippen LogP contribution in [0.2, 0.25) is 0 Å². The minimum Gasteiger partial charge on any atom is -0.295 e. The minimum absolute atomic E-state index is 0.180. The van der Waals surface area contributed by atoms with Gasteiger partial charge in [-0.3, -0.25) is 9.80 Å². The summed E-state index contributed by atoms with van der Waals surface area (Å²) in [5.74, 6) is 0. The highest BCUT2D eigenvalue weighted by molar-refractivity contribution is 7.60. The van der Waals surface area contributed by atoms with E-state index in [1.807, 2.05) is 0 Å². The summed E-state index contributed by atoms with van der Waals surface area (Å²) in [6, 6.07) is 0. The van der Waals surface area contributed by atoms with Crippen LogP contribution in [-0.4, -0.2) is 59.4 Å². The molecule has 0 spiro atoms. The Morgan fingerprint density at radius 3 is 1.25 bits per heavy atom. The van der Waals surface area contributed by atoms with Crippen LogP contribution >= 0.6 is 15.8 Å². The third kappa shape index (κ3) is 7.48. The number of hydrogen-bond acceptors (Lipinski definition) is 2. The van der Waals surface area contributed by atoms with Gasteiger partial charge in [-0.05, 0) is 62.9 Å². The van der Waals surface area contributed by atoms with Crippen LogP contribution in [0.4, 0.5) is 0 Å². The molecule has 0 bridgehead atoms. The molecule has 28 heavy (non-hydrogen) atoms. The second kappa shape index (κ2) is 13.2. The Labute approximate surface area is 179 Å². The fourth-order valence-corrected chi connectivity index (χ4v) is 12.2. The molecule has 1 aliphatic heterocycles. The summed E-state index contributed by atoms with van der Waals surface area (Å²) in [4.78, 5) is 6.00. The third-order valence-corrected chi connectivity index (χ3v) is 13.5. The van der Waals surface area contributed by atoms with Crippen molar-refractivity contribution in [1.29, 1.82) is 0 Å². The Morgan fingerprint density at radius 1 is 0.571 bits per heavy atom. The predicted molar refractivity (Wildman–Crippen MR) is 130 cm³/mol. The van der Waals surface area contributed by atoms with Crippen molar-refractivity contribution in [3.63, 3.8) is 0 Å². The molecule has 0 aromatic rings. The average Bonchev–Trinajstić information content (AvgIpc) is 2.73. The van der Waals surface area contributed by atoms with Crippen molar-refractivity contribution in [2.24, 2.45) is 0 Å². The van der Waals surface area contributed by atoms with E-state index in [1.165, 1.54) is 102 Å². The van der Waals surface area contributed by atoms with Crippen LogP contribution in [-0.2, 0) is 0 Å². The quantitative estimate of drug-likeness (QED) is 0.368. The van der Waals surface area contributed by atoms with Gasteiger partial charge in [-0.1, -0.05) is 81.1 Å². The zero-order valence-electron chi connectivity index (χ0n) is 19.1. The second-order valence-electron chi connectivity index (χ2n) is 9.82. The predicted octanol–water partition coefficient (Wildman–Crippen LogP) is 7.66. The number of unbranched alkanes of at least 4 members (excludes halogenated alkanes) is 2. The zero-order valence-corrected chi connectivity index (χ0v) is 20.9. The average molecular weight is 427 g/mol. The van der Waals surface area contributed by atoms with Crippen molar-refractivity contribution < 1.29 is 0 Å². The van der Waals surface area contributed by atoms with E-state index >= 15 is 0 Å². The first-order valence-corrected chi connectivity index (χ1v) is 16.3. The third-order valence-electron chi connectivity index (χ3n) is 7.36. The SMILES string of the molecule is CCCCN1CP(C2CCCCC2)CN(CCCC)CP(C2CCCCC2)C1. The molecule has 2 saturated carbocycles. The van der Waals surface area contributed by atoms with Gasteiger partial charge in [0.15, 0.2) is 0 Å². The molecule has 1 heterocycles. The fourth-order valence-electron chi connectivity index (χ4n) is 5.61. The molecule has 3 aliphatic rings. The first kappa shape index (κ1) is 23.4. The maximum absolute atomic E-state index is 3.00. The van der Waals surface area contributed by atoms with Crippen molar-refractivity contribution in [1.82, 2.24) is 9.80 Å². The van der Waals surface area contributed by atoms with E-state index in [0.717, 1.165) is 11.3 Å². The summed E-state index contributed by atoms with van der Waals surface area (Å²) >= 11 is 0. The molecular formula is C24H48N2P2.